The van der Waals surface area contributed by atoms with Crippen molar-refractivity contribution in [3.05, 3.63) is 77.4 Å². The Morgan fingerprint density at radius 1 is 0.545 bits per heavy atom. The zero-order chi connectivity index (χ0) is 31.4. The fourth-order valence-corrected chi connectivity index (χ4v) is 4.94. The number of rotatable bonds is 10. The molecule has 1 aliphatic heterocycles. The topological polar surface area (TPSA) is 120 Å². The minimum Gasteiger partial charge on any atom is -0.493 e. The van der Waals surface area contributed by atoms with E-state index in [0.717, 1.165) is 22.4 Å². The number of hydrogen-bond donors (Lipinski definition) is 1. The molecule has 1 heterocycles. The van der Waals surface area contributed by atoms with Gasteiger partial charge in [-0.05, 0) is 53.6 Å². The normalized spacial score (nSPS) is 11.2. The van der Waals surface area contributed by atoms with Crippen LogP contribution in [0.1, 0.15) is 26.3 Å². The number of carbonyl (C=O) groups excluding carboxylic acids is 2. The quantitative estimate of drug-likeness (QED) is 0.176. The summed E-state index contributed by atoms with van der Waals surface area (Å²) in [6.45, 7) is 0.460. The summed E-state index contributed by atoms with van der Waals surface area (Å²) in [7, 11) is 8.71. The molecule has 0 fully saturated rings. The lowest BCUT2D eigenvalue weighted by Crippen LogP contribution is -2.15. The monoisotopic (exact) mass is 601 g/mol. The highest BCUT2D eigenvalue weighted by atomic mass is 16.6. The number of anilines is 1. The minimum atomic E-state index is -0.739. The maximum atomic E-state index is 13.5. The highest BCUT2D eigenvalue weighted by molar-refractivity contribution is 5.96. The van der Waals surface area contributed by atoms with E-state index in [1.54, 1.807) is 12.1 Å². The second-order valence-electron chi connectivity index (χ2n) is 9.46. The molecule has 0 bridgehead atoms. The van der Waals surface area contributed by atoms with Crippen LogP contribution < -0.4 is 43.2 Å². The van der Waals surface area contributed by atoms with E-state index in [1.807, 2.05) is 24.3 Å². The standard InChI is InChI=1S/C33H31NO10/c1-37-26-11-18(12-27(38-2)30(26)41-5)32(35)43-24-15-20-17-34-23-10-8-7-9-21(23)22(20)16-25(24)44-33(36)19-13-28(39-3)31(42-6)29(14-19)40-4/h7-16,34H,17H2,1-6H3. The first kappa shape index (κ1) is 29.9. The number of carbonyl (C=O) groups is 2. The van der Waals surface area contributed by atoms with Gasteiger partial charge in [-0.15, -0.1) is 0 Å². The molecular formula is C33H31NO10. The Morgan fingerprint density at radius 3 is 1.45 bits per heavy atom. The van der Waals surface area contributed by atoms with Gasteiger partial charge in [0.25, 0.3) is 0 Å². The molecule has 0 atom stereocenters. The molecule has 0 saturated heterocycles. The van der Waals surface area contributed by atoms with E-state index in [-0.39, 0.29) is 45.6 Å². The van der Waals surface area contributed by atoms with Crippen molar-refractivity contribution in [3.63, 3.8) is 0 Å². The molecule has 4 aromatic rings. The lowest BCUT2D eigenvalue weighted by molar-refractivity contribution is 0.0681. The molecule has 1 aliphatic rings. The Hall–Kier alpha value is -5.58. The maximum absolute atomic E-state index is 13.5. The number of ether oxygens (including phenoxy) is 8. The number of methoxy groups -OCH3 is 6. The van der Waals surface area contributed by atoms with Crippen molar-refractivity contribution >= 4 is 17.6 Å². The first-order chi connectivity index (χ1) is 21.3. The SMILES string of the molecule is COc1cc(C(=O)Oc2cc3c(cc2OC(=O)c2cc(OC)c(OC)c(OC)c2)-c2ccccc2NC3)cc(OC)c1OC. The Balaban J connectivity index is 1.57. The van der Waals surface area contributed by atoms with E-state index >= 15 is 0 Å². The lowest BCUT2D eigenvalue weighted by Gasteiger charge is -2.23. The second kappa shape index (κ2) is 12.7. The van der Waals surface area contributed by atoms with Gasteiger partial charge in [-0.2, -0.15) is 0 Å². The van der Waals surface area contributed by atoms with Crippen molar-refractivity contribution in [1.82, 2.24) is 0 Å². The third-order valence-corrected chi connectivity index (χ3v) is 7.06. The van der Waals surface area contributed by atoms with Gasteiger partial charge < -0.3 is 43.2 Å². The highest BCUT2D eigenvalue weighted by Crippen LogP contribution is 2.44. The van der Waals surface area contributed by atoms with Crippen molar-refractivity contribution < 1.29 is 47.5 Å². The van der Waals surface area contributed by atoms with Crippen molar-refractivity contribution in [2.75, 3.05) is 48.0 Å². The summed E-state index contributed by atoms with van der Waals surface area (Å²) < 4.78 is 44.0. The van der Waals surface area contributed by atoms with Gasteiger partial charge in [0.05, 0.1) is 53.8 Å². The summed E-state index contributed by atoms with van der Waals surface area (Å²) >= 11 is 0. The first-order valence-electron chi connectivity index (χ1n) is 13.4. The van der Waals surface area contributed by atoms with Gasteiger partial charge in [-0.25, -0.2) is 9.59 Å². The molecule has 0 radical (unpaired) electrons. The van der Waals surface area contributed by atoms with E-state index in [2.05, 4.69) is 5.32 Å². The average molecular weight is 602 g/mol. The summed E-state index contributed by atoms with van der Waals surface area (Å²) in [6, 6.07) is 17.0. The highest BCUT2D eigenvalue weighted by Gasteiger charge is 2.26. The summed E-state index contributed by atoms with van der Waals surface area (Å²) in [5.41, 5.74) is 3.73. The third kappa shape index (κ3) is 5.59. The Kier molecular flexibility index (Phi) is 8.66. The summed E-state index contributed by atoms with van der Waals surface area (Å²) in [5.74, 6) is 0.337. The Labute approximate surface area is 254 Å². The molecule has 0 saturated carbocycles. The van der Waals surface area contributed by atoms with Gasteiger partial charge in [-0.3, -0.25) is 0 Å². The van der Waals surface area contributed by atoms with Crippen LogP contribution >= 0.6 is 0 Å². The van der Waals surface area contributed by atoms with Gasteiger partial charge >= 0.3 is 11.9 Å². The zero-order valence-electron chi connectivity index (χ0n) is 25.1. The molecule has 11 heteroatoms. The van der Waals surface area contributed by atoms with Crippen LogP contribution in [0.5, 0.6) is 46.0 Å². The number of fused-ring (bicyclic) bond motifs is 3. The van der Waals surface area contributed by atoms with Crippen molar-refractivity contribution in [1.29, 1.82) is 0 Å². The van der Waals surface area contributed by atoms with E-state index in [9.17, 15) is 9.59 Å². The number of benzene rings is 4. The molecular weight excluding hydrogens is 570 g/mol. The second-order valence-corrected chi connectivity index (χ2v) is 9.46. The summed E-state index contributed by atoms with van der Waals surface area (Å²) in [6.07, 6.45) is 0. The van der Waals surface area contributed by atoms with Crippen molar-refractivity contribution in [2.24, 2.45) is 0 Å². The number of esters is 2. The number of hydrogen-bond acceptors (Lipinski definition) is 11. The average Bonchev–Trinajstić information content (AvgIpc) is 3.06. The molecule has 44 heavy (non-hydrogen) atoms. The number of nitrogens with one attached hydrogen (secondary N) is 1. The van der Waals surface area contributed by atoms with Crippen LogP contribution in [0, 0.1) is 0 Å². The largest absolute Gasteiger partial charge is 0.493 e. The molecule has 4 aromatic carbocycles. The third-order valence-electron chi connectivity index (χ3n) is 7.06. The van der Waals surface area contributed by atoms with Gasteiger partial charge in [0.2, 0.25) is 11.5 Å². The van der Waals surface area contributed by atoms with Gasteiger partial charge in [0.1, 0.15) is 0 Å². The van der Waals surface area contributed by atoms with E-state index < -0.39 is 11.9 Å². The molecule has 0 spiro atoms. The predicted molar refractivity (Wildman–Crippen MR) is 161 cm³/mol. The van der Waals surface area contributed by atoms with Crippen LogP contribution in [-0.4, -0.2) is 54.6 Å². The molecule has 1 N–H and O–H groups in total. The van der Waals surface area contributed by atoms with E-state index in [1.165, 1.54) is 66.9 Å². The molecule has 0 unspecified atom stereocenters. The Bertz CT molecular complexity index is 1680. The van der Waals surface area contributed by atoms with Crippen LogP contribution in [-0.2, 0) is 6.54 Å². The molecule has 228 valence electrons. The summed E-state index contributed by atoms with van der Waals surface area (Å²) in [4.78, 5) is 27.0. The Morgan fingerprint density at radius 2 is 1.00 bits per heavy atom. The van der Waals surface area contributed by atoms with Crippen LogP contribution in [0.15, 0.2) is 60.7 Å². The molecule has 0 amide bonds. The van der Waals surface area contributed by atoms with Crippen molar-refractivity contribution in [2.45, 2.75) is 6.54 Å². The maximum Gasteiger partial charge on any atom is 0.343 e. The van der Waals surface area contributed by atoms with E-state index in [4.69, 9.17) is 37.9 Å². The van der Waals surface area contributed by atoms with Gasteiger partial charge in [0.15, 0.2) is 34.5 Å². The molecule has 0 aliphatic carbocycles. The van der Waals surface area contributed by atoms with Crippen molar-refractivity contribution in [3.8, 4) is 57.1 Å². The molecule has 11 nitrogen and oxygen atoms in total. The van der Waals surface area contributed by atoms with Crippen LogP contribution in [0.3, 0.4) is 0 Å². The zero-order valence-corrected chi connectivity index (χ0v) is 25.1. The fourth-order valence-electron chi connectivity index (χ4n) is 4.94. The first-order valence-corrected chi connectivity index (χ1v) is 13.4. The molecule has 5 rings (SSSR count). The van der Waals surface area contributed by atoms with Crippen LogP contribution in [0.25, 0.3) is 11.1 Å². The summed E-state index contributed by atoms with van der Waals surface area (Å²) in [5, 5.41) is 3.36. The minimum absolute atomic E-state index is 0.0278. The fraction of sp³-hybridized carbons (Fsp3) is 0.212. The van der Waals surface area contributed by atoms with Crippen LogP contribution in [0.4, 0.5) is 5.69 Å². The van der Waals surface area contributed by atoms with Gasteiger partial charge in [0, 0.05) is 17.8 Å². The smallest absolute Gasteiger partial charge is 0.343 e. The van der Waals surface area contributed by atoms with Crippen LogP contribution in [0.2, 0.25) is 0 Å². The molecule has 0 aromatic heterocycles. The van der Waals surface area contributed by atoms with E-state index in [0.29, 0.717) is 18.0 Å². The predicted octanol–water partition coefficient (Wildman–Crippen LogP) is 5.77. The number of para-hydroxylation sites is 1. The van der Waals surface area contributed by atoms with Gasteiger partial charge in [-0.1, -0.05) is 18.2 Å². The lowest BCUT2D eigenvalue weighted by atomic mass is 9.94.